The molecule has 0 radical (unpaired) electrons. The molecule has 0 amide bonds. The first-order valence-corrected chi connectivity index (χ1v) is 4.69. The lowest BCUT2D eigenvalue weighted by Crippen LogP contribution is -2.17. The Balaban J connectivity index is 3.04. The molecule has 0 spiro atoms. The smallest absolute Gasteiger partial charge is 0.379 e. The molecule has 1 aromatic rings. The van der Waals surface area contributed by atoms with Gasteiger partial charge in [-0.15, -0.1) is 0 Å². The third-order valence-corrected chi connectivity index (χ3v) is 1.92. The molecule has 5 heteroatoms. The van der Waals surface area contributed by atoms with Gasteiger partial charge in [0, 0.05) is 0 Å². The highest BCUT2D eigenvalue weighted by Crippen LogP contribution is 2.29. The second-order valence-electron chi connectivity index (χ2n) is 2.91. The maximum atomic E-state index is 11.5. The first-order valence-electron chi connectivity index (χ1n) is 4.69. The van der Waals surface area contributed by atoms with E-state index >= 15 is 0 Å². The number of carbonyl (C=O) groups is 2. The maximum Gasteiger partial charge on any atom is 0.379 e. The van der Waals surface area contributed by atoms with E-state index in [0.29, 0.717) is 0 Å². The summed E-state index contributed by atoms with van der Waals surface area (Å²) in [4.78, 5) is 22.7. The van der Waals surface area contributed by atoms with Crippen LogP contribution in [0.3, 0.4) is 0 Å². The van der Waals surface area contributed by atoms with Gasteiger partial charge in [0.15, 0.2) is 11.5 Å². The summed E-state index contributed by atoms with van der Waals surface area (Å²) in [6, 6.07) is 4.32. The van der Waals surface area contributed by atoms with Crippen LogP contribution in [-0.4, -0.2) is 30.6 Å². The van der Waals surface area contributed by atoms with E-state index in [0.717, 1.165) is 0 Å². The summed E-state index contributed by atoms with van der Waals surface area (Å²) in [6.07, 6.45) is 0. The van der Waals surface area contributed by atoms with Crippen LogP contribution in [0.1, 0.15) is 17.3 Å². The van der Waals surface area contributed by atoms with Gasteiger partial charge in [-0.05, 0) is 19.1 Å². The fraction of sp³-hybridized carbons (Fsp3) is 0.273. The van der Waals surface area contributed by atoms with E-state index in [9.17, 15) is 14.7 Å². The Bertz CT molecular complexity index is 411. The fourth-order valence-electron chi connectivity index (χ4n) is 1.18. The Morgan fingerprint density at radius 2 is 2.06 bits per heavy atom. The SMILES string of the molecule is CCOC(=O)C(=O)c1cccc(OC)c1O. The number of ether oxygens (including phenoxy) is 2. The van der Waals surface area contributed by atoms with Crippen LogP contribution in [0.4, 0.5) is 0 Å². The van der Waals surface area contributed by atoms with Gasteiger partial charge in [-0.25, -0.2) is 4.79 Å². The lowest BCUT2D eigenvalue weighted by Gasteiger charge is -2.07. The zero-order valence-electron chi connectivity index (χ0n) is 9.02. The minimum Gasteiger partial charge on any atom is -0.504 e. The Hall–Kier alpha value is -2.04. The second-order valence-corrected chi connectivity index (χ2v) is 2.91. The molecule has 0 heterocycles. The molecule has 0 aromatic heterocycles. The number of methoxy groups -OCH3 is 1. The van der Waals surface area contributed by atoms with Gasteiger partial charge in [-0.2, -0.15) is 0 Å². The fourth-order valence-corrected chi connectivity index (χ4v) is 1.18. The minimum absolute atomic E-state index is 0.106. The van der Waals surface area contributed by atoms with Gasteiger partial charge in [0.2, 0.25) is 0 Å². The molecule has 0 aliphatic carbocycles. The van der Waals surface area contributed by atoms with Gasteiger partial charge in [0.05, 0.1) is 19.3 Å². The lowest BCUT2D eigenvalue weighted by atomic mass is 10.1. The van der Waals surface area contributed by atoms with Crippen molar-refractivity contribution in [2.45, 2.75) is 6.92 Å². The van der Waals surface area contributed by atoms with E-state index < -0.39 is 11.8 Å². The number of para-hydroxylation sites is 1. The molecule has 0 saturated heterocycles. The van der Waals surface area contributed by atoms with E-state index in [1.165, 1.54) is 25.3 Å². The number of esters is 1. The summed E-state index contributed by atoms with van der Waals surface area (Å²) in [7, 11) is 1.35. The highest BCUT2D eigenvalue weighted by atomic mass is 16.5. The Kier molecular flexibility index (Phi) is 3.88. The number of phenols is 1. The molecule has 1 rings (SSSR count). The van der Waals surface area contributed by atoms with Crippen molar-refractivity contribution < 1.29 is 24.2 Å². The van der Waals surface area contributed by atoms with Crippen LogP contribution in [0.25, 0.3) is 0 Å². The van der Waals surface area contributed by atoms with Gasteiger partial charge >= 0.3 is 5.97 Å². The van der Waals surface area contributed by atoms with Crippen LogP contribution >= 0.6 is 0 Å². The summed E-state index contributed by atoms with van der Waals surface area (Å²) >= 11 is 0. The van der Waals surface area contributed by atoms with Gasteiger partial charge < -0.3 is 14.6 Å². The number of rotatable bonds is 4. The number of aromatic hydroxyl groups is 1. The summed E-state index contributed by atoms with van der Waals surface area (Å²) in [5.41, 5.74) is -0.127. The first kappa shape index (κ1) is 12.0. The van der Waals surface area contributed by atoms with Crippen molar-refractivity contribution in [3.05, 3.63) is 23.8 Å². The molecule has 0 atom stereocenters. The lowest BCUT2D eigenvalue weighted by molar-refractivity contribution is -0.137. The van der Waals surface area contributed by atoms with Crippen LogP contribution in [0, 0.1) is 0 Å². The molecular formula is C11H12O5. The average molecular weight is 224 g/mol. The molecule has 0 bridgehead atoms. The summed E-state index contributed by atoms with van der Waals surface area (Å²) in [5.74, 6) is -2.11. The van der Waals surface area contributed by atoms with E-state index in [1.54, 1.807) is 6.92 Å². The number of hydrogen-bond donors (Lipinski definition) is 1. The normalized spacial score (nSPS) is 9.62. The van der Waals surface area contributed by atoms with E-state index in [4.69, 9.17) is 4.74 Å². The zero-order chi connectivity index (χ0) is 12.1. The molecule has 0 unspecified atom stereocenters. The first-order chi connectivity index (χ1) is 7.61. The van der Waals surface area contributed by atoms with E-state index in [1.807, 2.05) is 0 Å². The van der Waals surface area contributed by atoms with E-state index in [-0.39, 0.29) is 23.7 Å². The van der Waals surface area contributed by atoms with Gasteiger partial charge in [-0.3, -0.25) is 4.79 Å². The number of benzene rings is 1. The maximum absolute atomic E-state index is 11.5. The molecular weight excluding hydrogens is 212 g/mol. The molecule has 86 valence electrons. The molecule has 0 fully saturated rings. The number of phenolic OH excluding ortho intramolecular Hbond substituents is 1. The molecule has 0 aliphatic rings. The standard InChI is InChI=1S/C11H12O5/c1-3-16-11(14)10(13)7-5-4-6-8(15-2)9(7)12/h4-6,12H,3H2,1-2H3. The van der Waals surface area contributed by atoms with Gasteiger partial charge in [-0.1, -0.05) is 6.07 Å². The van der Waals surface area contributed by atoms with Crippen LogP contribution in [0.15, 0.2) is 18.2 Å². The van der Waals surface area contributed by atoms with Crippen LogP contribution < -0.4 is 4.74 Å². The third-order valence-electron chi connectivity index (χ3n) is 1.92. The quantitative estimate of drug-likeness (QED) is 0.471. The van der Waals surface area contributed by atoms with Crippen LogP contribution in [0.2, 0.25) is 0 Å². The Morgan fingerprint density at radius 3 is 2.62 bits per heavy atom. The van der Waals surface area contributed by atoms with Gasteiger partial charge in [0.1, 0.15) is 0 Å². The minimum atomic E-state index is -0.994. The number of hydrogen-bond acceptors (Lipinski definition) is 5. The Labute approximate surface area is 92.6 Å². The molecule has 0 saturated carbocycles. The predicted molar refractivity (Wildman–Crippen MR) is 55.6 cm³/mol. The summed E-state index contributed by atoms with van der Waals surface area (Å²) in [6.45, 7) is 1.70. The molecule has 1 aromatic carbocycles. The topological polar surface area (TPSA) is 72.8 Å². The van der Waals surface area contributed by atoms with Crippen molar-refractivity contribution >= 4 is 11.8 Å². The highest BCUT2D eigenvalue weighted by Gasteiger charge is 2.22. The third kappa shape index (κ3) is 2.31. The van der Waals surface area contributed by atoms with Crippen molar-refractivity contribution in [3.8, 4) is 11.5 Å². The van der Waals surface area contributed by atoms with Crippen molar-refractivity contribution in [1.82, 2.24) is 0 Å². The average Bonchev–Trinajstić information content (AvgIpc) is 2.29. The summed E-state index contributed by atoms with van der Waals surface area (Å²) < 4.78 is 9.37. The largest absolute Gasteiger partial charge is 0.504 e. The second kappa shape index (κ2) is 5.16. The van der Waals surface area contributed by atoms with Gasteiger partial charge in [0.25, 0.3) is 5.78 Å². The Morgan fingerprint density at radius 1 is 1.38 bits per heavy atom. The van der Waals surface area contributed by atoms with Crippen molar-refractivity contribution in [2.75, 3.05) is 13.7 Å². The highest BCUT2D eigenvalue weighted by molar-refractivity contribution is 6.41. The molecule has 0 aliphatic heterocycles. The number of ketones is 1. The van der Waals surface area contributed by atoms with Crippen LogP contribution in [-0.2, 0) is 9.53 Å². The molecule has 1 N–H and O–H groups in total. The predicted octanol–water partition coefficient (Wildman–Crippen LogP) is 1.15. The summed E-state index contributed by atoms with van der Waals surface area (Å²) in [5, 5.41) is 9.62. The molecule has 5 nitrogen and oxygen atoms in total. The van der Waals surface area contributed by atoms with Crippen molar-refractivity contribution in [1.29, 1.82) is 0 Å². The molecule has 16 heavy (non-hydrogen) atoms. The van der Waals surface area contributed by atoms with Crippen molar-refractivity contribution in [3.63, 3.8) is 0 Å². The number of Topliss-reactive ketones (excluding diaryl/α,β-unsaturated/α-hetero) is 1. The number of carbonyl (C=O) groups excluding carboxylic acids is 2. The monoisotopic (exact) mass is 224 g/mol. The zero-order valence-corrected chi connectivity index (χ0v) is 9.02. The van der Waals surface area contributed by atoms with Crippen molar-refractivity contribution in [2.24, 2.45) is 0 Å². The van der Waals surface area contributed by atoms with E-state index in [2.05, 4.69) is 4.74 Å². The van der Waals surface area contributed by atoms with Crippen LogP contribution in [0.5, 0.6) is 11.5 Å².